The minimum Gasteiger partial charge on any atom is -0.444 e. The first-order valence-electron chi connectivity index (χ1n) is 10.4. The Kier molecular flexibility index (Phi) is 10.5. The van der Waals surface area contributed by atoms with Crippen LogP contribution in [-0.2, 0) is 11.2 Å². The van der Waals surface area contributed by atoms with E-state index in [-0.39, 0.29) is 12.0 Å². The zero-order valence-corrected chi connectivity index (χ0v) is 19.0. The first-order valence-corrected chi connectivity index (χ1v) is 10.4. The van der Waals surface area contributed by atoms with Crippen molar-refractivity contribution in [3.8, 4) is 0 Å². The van der Waals surface area contributed by atoms with Gasteiger partial charge in [-0.2, -0.15) is 4.98 Å². The summed E-state index contributed by atoms with van der Waals surface area (Å²) in [4.78, 5) is 20.6. The molecular formula is C20H38N6O3. The molecule has 1 unspecified atom stereocenters. The predicted octanol–water partition coefficient (Wildman–Crippen LogP) is 2.98. The Morgan fingerprint density at radius 3 is 2.55 bits per heavy atom. The molecule has 1 amide bonds. The van der Waals surface area contributed by atoms with Gasteiger partial charge in [0, 0.05) is 38.5 Å². The highest BCUT2D eigenvalue weighted by molar-refractivity contribution is 5.80. The van der Waals surface area contributed by atoms with Crippen molar-refractivity contribution in [3.05, 3.63) is 11.7 Å². The van der Waals surface area contributed by atoms with Crippen molar-refractivity contribution < 1.29 is 14.1 Å². The lowest BCUT2D eigenvalue weighted by molar-refractivity contribution is 0.0522. The Morgan fingerprint density at radius 2 is 2.00 bits per heavy atom. The fourth-order valence-electron chi connectivity index (χ4n) is 2.48. The second-order valence-corrected chi connectivity index (χ2v) is 8.32. The van der Waals surface area contributed by atoms with Crippen LogP contribution < -0.4 is 16.0 Å². The third kappa shape index (κ3) is 10.7. The van der Waals surface area contributed by atoms with Crippen molar-refractivity contribution in [1.29, 1.82) is 0 Å². The molecule has 0 spiro atoms. The molecule has 0 fully saturated rings. The minimum atomic E-state index is -0.516. The first kappa shape index (κ1) is 24.7. The molecule has 0 saturated carbocycles. The summed E-state index contributed by atoms with van der Waals surface area (Å²) in [6.07, 6.45) is 3.22. The van der Waals surface area contributed by atoms with Gasteiger partial charge in [-0.1, -0.05) is 38.8 Å². The van der Waals surface area contributed by atoms with Crippen LogP contribution in [0.25, 0.3) is 0 Å². The zero-order chi connectivity index (χ0) is 21.9. The molecule has 0 bridgehead atoms. The van der Waals surface area contributed by atoms with Crippen molar-refractivity contribution in [2.45, 2.75) is 84.8 Å². The van der Waals surface area contributed by atoms with E-state index in [4.69, 9.17) is 9.26 Å². The van der Waals surface area contributed by atoms with Crippen molar-refractivity contribution in [1.82, 2.24) is 26.1 Å². The summed E-state index contributed by atoms with van der Waals surface area (Å²) in [5.41, 5.74) is -0.516. The van der Waals surface area contributed by atoms with Crippen LogP contribution in [0.1, 0.15) is 78.4 Å². The smallest absolute Gasteiger partial charge is 0.407 e. The van der Waals surface area contributed by atoms with E-state index in [2.05, 4.69) is 38.0 Å². The fraction of sp³-hybridized carbons (Fsp3) is 0.800. The molecule has 0 radical (unpaired) electrons. The van der Waals surface area contributed by atoms with Crippen molar-refractivity contribution in [2.24, 2.45) is 4.99 Å². The van der Waals surface area contributed by atoms with E-state index in [1.807, 2.05) is 34.6 Å². The first-order chi connectivity index (χ1) is 13.6. The molecule has 0 aliphatic heterocycles. The Hall–Kier alpha value is -2.32. The maximum atomic E-state index is 11.9. The maximum Gasteiger partial charge on any atom is 0.407 e. The molecule has 1 aromatic heterocycles. The number of amides is 1. The van der Waals surface area contributed by atoms with Gasteiger partial charge in [-0.25, -0.2) is 4.79 Å². The van der Waals surface area contributed by atoms with Gasteiger partial charge < -0.3 is 25.2 Å². The standard InChI is InChI=1S/C20H38N6O3/c1-8-9-10-15(13-23-19(27)28-20(4,5)6)24-18(21-7)22-12-11-16-25-17(14(2)3)26-29-16/h14-15H,8-13H2,1-7H3,(H,23,27)(H2,21,22,24). The van der Waals surface area contributed by atoms with Gasteiger partial charge in [0.05, 0.1) is 0 Å². The van der Waals surface area contributed by atoms with Crippen molar-refractivity contribution in [2.75, 3.05) is 20.1 Å². The molecule has 1 aromatic rings. The lowest BCUT2D eigenvalue weighted by Gasteiger charge is -2.24. The van der Waals surface area contributed by atoms with E-state index in [0.717, 1.165) is 25.1 Å². The summed E-state index contributed by atoms with van der Waals surface area (Å²) in [6.45, 7) is 12.8. The molecule has 1 heterocycles. The number of alkyl carbamates (subject to hydrolysis) is 1. The highest BCUT2D eigenvalue weighted by Crippen LogP contribution is 2.09. The van der Waals surface area contributed by atoms with Gasteiger partial charge in [-0.15, -0.1) is 0 Å². The number of guanidine groups is 1. The average molecular weight is 411 g/mol. The van der Waals surface area contributed by atoms with Crippen LogP contribution in [0.2, 0.25) is 0 Å². The summed E-state index contributed by atoms with van der Waals surface area (Å²) in [7, 11) is 1.72. The Bertz CT molecular complexity index is 636. The van der Waals surface area contributed by atoms with Gasteiger partial charge in [-0.3, -0.25) is 4.99 Å². The molecule has 0 aromatic carbocycles. The molecule has 1 atom stereocenters. The quantitative estimate of drug-likeness (QED) is 0.401. The predicted molar refractivity (Wildman–Crippen MR) is 114 cm³/mol. The van der Waals surface area contributed by atoms with Crippen LogP contribution in [0.15, 0.2) is 9.52 Å². The normalized spacial score (nSPS) is 13.3. The van der Waals surface area contributed by atoms with E-state index in [1.54, 1.807) is 7.05 Å². The Balaban J connectivity index is 2.50. The van der Waals surface area contributed by atoms with Gasteiger partial charge in [0.25, 0.3) is 0 Å². The molecule has 0 aliphatic rings. The number of aliphatic imine (C=N–C) groups is 1. The molecule has 0 aliphatic carbocycles. The number of nitrogens with zero attached hydrogens (tertiary/aromatic N) is 3. The number of rotatable bonds is 10. The molecule has 3 N–H and O–H groups in total. The lowest BCUT2D eigenvalue weighted by Crippen LogP contribution is -2.49. The molecule has 166 valence electrons. The third-order valence-corrected chi connectivity index (χ3v) is 3.99. The van der Waals surface area contributed by atoms with Crippen LogP contribution in [0.3, 0.4) is 0 Å². The molecule has 1 rings (SSSR count). The number of unbranched alkanes of at least 4 members (excludes halogenated alkanes) is 1. The lowest BCUT2D eigenvalue weighted by atomic mass is 10.1. The van der Waals surface area contributed by atoms with Crippen LogP contribution in [0.5, 0.6) is 0 Å². The number of carbonyl (C=O) groups is 1. The van der Waals surface area contributed by atoms with Gasteiger partial charge in [0.1, 0.15) is 5.60 Å². The minimum absolute atomic E-state index is 0.0459. The molecular weight excluding hydrogens is 372 g/mol. The molecule has 29 heavy (non-hydrogen) atoms. The summed E-state index contributed by atoms with van der Waals surface area (Å²) >= 11 is 0. The monoisotopic (exact) mass is 410 g/mol. The van der Waals surface area contributed by atoms with Crippen molar-refractivity contribution >= 4 is 12.1 Å². The number of ether oxygens (including phenoxy) is 1. The Labute approximate surface area is 174 Å². The largest absolute Gasteiger partial charge is 0.444 e. The van der Waals surface area contributed by atoms with Gasteiger partial charge in [-0.05, 0) is 27.2 Å². The van der Waals surface area contributed by atoms with Crippen LogP contribution >= 0.6 is 0 Å². The molecule has 0 saturated heterocycles. The van der Waals surface area contributed by atoms with E-state index in [0.29, 0.717) is 31.4 Å². The second-order valence-electron chi connectivity index (χ2n) is 8.32. The SMILES string of the molecule is CCCCC(CNC(=O)OC(C)(C)C)NC(=NC)NCCc1nc(C(C)C)no1. The van der Waals surface area contributed by atoms with Gasteiger partial charge in [0.15, 0.2) is 11.8 Å². The highest BCUT2D eigenvalue weighted by atomic mass is 16.6. The average Bonchev–Trinajstić information content (AvgIpc) is 3.10. The molecule has 9 heteroatoms. The van der Waals surface area contributed by atoms with Crippen LogP contribution in [0.4, 0.5) is 4.79 Å². The van der Waals surface area contributed by atoms with Crippen molar-refractivity contribution in [3.63, 3.8) is 0 Å². The van der Waals surface area contributed by atoms with Crippen LogP contribution in [0, 0.1) is 0 Å². The third-order valence-electron chi connectivity index (χ3n) is 3.99. The summed E-state index contributed by atoms with van der Waals surface area (Å²) in [5.74, 6) is 2.23. The number of hydrogen-bond acceptors (Lipinski definition) is 6. The number of aromatic nitrogens is 2. The summed E-state index contributed by atoms with van der Waals surface area (Å²) in [5, 5.41) is 13.4. The number of carbonyl (C=O) groups excluding carboxylic acids is 1. The summed E-state index contributed by atoms with van der Waals surface area (Å²) in [6, 6.07) is 0.0459. The Morgan fingerprint density at radius 1 is 1.28 bits per heavy atom. The second kappa shape index (κ2) is 12.3. The fourth-order valence-corrected chi connectivity index (χ4v) is 2.48. The van der Waals surface area contributed by atoms with Crippen LogP contribution in [-0.4, -0.2) is 54.0 Å². The molecule has 9 nitrogen and oxygen atoms in total. The van der Waals surface area contributed by atoms with Gasteiger partial charge in [0.2, 0.25) is 5.89 Å². The van der Waals surface area contributed by atoms with E-state index >= 15 is 0 Å². The van der Waals surface area contributed by atoms with E-state index in [1.165, 1.54) is 0 Å². The maximum absolute atomic E-state index is 11.9. The number of hydrogen-bond donors (Lipinski definition) is 3. The zero-order valence-electron chi connectivity index (χ0n) is 19.0. The highest BCUT2D eigenvalue weighted by Gasteiger charge is 2.18. The summed E-state index contributed by atoms with van der Waals surface area (Å²) < 4.78 is 10.6. The van der Waals surface area contributed by atoms with Gasteiger partial charge >= 0.3 is 6.09 Å². The van der Waals surface area contributed by atoms with E-state index in [9.17, 15) is 4.79 Å². The number of nitrogens with one attached hydrogen (secondary N) is 3. The van der Waals surface area contributed by atoms with E-state index < -0.39 is 11.7 Å². The topological polar surface area (TPSA) is 114 Å².